The lowest BCUT2D eigenvalue weighted by Gasteiger charge is -2.18. The number of rotatable bonds is 9. The molecule has 0 atom stereocenters. The molecule has 0 aromatic heterocycles. The molecule has 2 aromatic rings. The lowest BCUT2D eigenvalue weighted by molar-refractivity contribution is -0.117. The molecule has 1 amide bonds. The second-order valence-electron chi connectivity index (χ2n) is 7.15. The number of aliphatic imine (C=N–C) groups is 1. The summed E-state index contributed by atoms with van der Waals surface area (Å²) in [4.78, 5) is 17.9. The average Bonchev–Trinajstić information content (AvgIpc) is 3.21. The van der Waals surface area contributed by atoms with Crippen LogP contribution in [0.25, 0.3) is 0 Å². The largest absolute Gasteiger partial charge is 0.490 e. The van der Waals surface area contributed by atoms with Crippen molar-refractivity contribution in [2.24, 2.45) is 4.99 Å². The Kier molecular flexibility index (Phi) is 10.6. The van der Waals surface area contributed by atoms with Gasteiger partial charge >= 0.3 is 6.61 Å². The molecule has 1 saturated heterocycles. The minimum Gasteiger partial charge on any atom is -0.490 e. The number of halogens is 3. The third-order valence-electron chi connectivity index (χ3n) is 5.02. The first-order valence-electron chi connectivity index (χ1n) is 10.5. The molecule has 1 heterocycles. The molecule has 180 valence electrons. The van der Waals surface area contributed by atoms with Gasteiger partial charge in [-0.2, -0.15) is 8.78 Å². The SMILES string of the molecule is CCOc1cccc(CNC(=NC)NCc2ccc(N3CCCC3=O)cc2)c1OC(F)F.I. The van der Waals surface area contributed by atoms with Crippen LogP contribution in [-0.4, -0.2) is 38.7 Å². The maximum Gasteiger partial charge on any atom is 0.387 e. The van der Waals surface area contributed by atoms with Gasteiger partial charge in [-0.25, -0.2) is 0 Å². The Bertz CT molecular complexity index is 942. The van der Waals surface area contributed by atoms with Gasteiger partial charge in [0.1, 0.15) is 0 Å². The van der Waals surface area contributed by atoms with Crippen LogP contribution < -0.4 is 25.0 Å². The van der Waals surface area contributed by atoms with Crippen LogP contribution in [0.5, 0.6) is 11.5 Å². The van der Waals surface area contributed by atoms with Crippen molar-refractivity contribution in [1.29, 1.82) is 0 Å². The number of hydrogen-bond acceptors (Lipinski definition) is 4. The predicted octanol–water partition coefficient (Wildman–Crippen LogP) is 4.30. The molecule has 0 bridgehead atoms. The molecule has 1 fully saturated rings. The van der Waals surface area contributed by atoms with Crippen LogP contribution in [0.2, 0.25) is 0 Å². The van der Waals surface area contributed by atoms with E-state index in [9.17, 15) is 13.6 Å². The minimum atomic E-state index is -2.95. The number of para-hydroxylation sites is 1. The molecule has 0 aliphatic carbocycles. The number of guanidine groups is 1. The van der Waals surface area contributed by atoms with E-state index in [2.05, 4.69) is 15.6 Å². The van der Waals surface area contributed by atoms with Crippen LogP contribution in [0.1, 0.15) is 30.9 Å². The molecule has 1 aliphatic heterocycles. The summed E-state index contributed by atoms with van der Waals surface area (Å²) in [6.07, 6.45) is 1.49. The molecule has 0 unspecified atom stereocenters. The fraction of sp³-hybridized carbons (Fsp3) is 0.391. The van der Waals surface area contributed by atoms with Crippen molar-refractivity contribution in [3.05, 3.63) is 53.6 Å². The topological polar surface area (TPSA) is 75.2 Å². The van der Waals surface area contributed by atoms with Gasteiger partial charge in [0.15, 0.2) is 17.5 Å². The number of alkyl halides is 2. The number of carbonyl (C=O) groups excluding carboxylic acids is 1. The van der Waals surface area contributed by atoms with Crippen LogP contribution >= 0.6 is 24.0 Å². The molecule has 0 saturated carbocycles. The molecular weight excluding hydrogens is 545 g/mol. The van der Waals surface area contributed by atoms with E-state index in [-0.39, 0.29) is 47.9 Å². The van der Waals surface area contributed by atoms with Crippen LogP contribution in [0.15, 0.2) is 47.5 Å². The van der Waals surface area contributed by atoms with Gasteiger partial charge in [-0.1, -0.05) is 24.3 Å². The highest BCUT2D eigenvalue weighted by Crippen LogP contribution is 2.32. The third kappa shape index (κ3) is 7.44. The lowest BCUT2D eigenvalue weighted by Crippen LogP contribution is -2.36. The summed E-state index contributed by atoms with van der Waals surface area (Å²) >= 11 is 0. The number of hydrogen-bond donors (Lipinski definition) is 2. The standard InChI is InChI=1S/C23H28F2N4O3.HI/c1-3-31-19-7-4-6-17(21(19)32-22(24)25)15-28-23(26-2)27-14-16-9-11-18(12-10-16)29-13-5-8-20(29)30;/h4,6-7,9-12,22H,3,5,8,13-15H2,1-2H3,(H2,26,27,28);1H. The van der Waals surface area contributed by atoms with Crippen molar-refractivity contribution in [1.82, 2.24) is 10.6 Å². The minimum absolute atomic E-state index is 0. The summed E-state index contributed by atoms with van der Waals surface area (Å²) in [5, 5.41) is 6.30. The highest BCUT2D eigenvalue weighted by molar-refractivity contribution is 14.0. The van der Waals surface area contributed by atoms with E-state index in [0.29, 0.717) is 31.1 Å². The number of ether oxygens (including phenoxy) is 2. The van der Waals surface area contributed by atoms with Gasteiger partial charge < -0.3 is 25.0 Å². The van der Waals surface area contributed by atoms with Gasteiger partial charge in [0.05, 0.1) is 6.61 Å². The summed E-state index contributed by atoms with van der Waals surface area (Å²) < 4.78 is 35.9. The van der Waals surface area contributed by atoms with Gasteiger partial charge in [0.25, 0.3) is 0 Å². The van der Waals surface area contributed by atoms with Gasteiger partial charge in [-0.3, -0.25) is 9.79 Å². The smallest absolute Gasteiger partial charge is 0.387 e. The van der Waals surface area contributed by atoms with Crippen molar-refractivity contribution in [3.8, 4) is 11.5 Å². The zero-order chi connectivity index (χ0) is 22.9. The molecule has 3 rings (SSSR count). The number of amides is 1. The monoisotopic (exact) mass is 574 g/mol. The van der Waals surface area contributed by atoms with Crippen molar-refractivity contribution in [2.75, 3.05) is 25.1 Å². The molecule has 0 radical (unpaired) electrons. The second-order valence-corrected chi connectivity index (χ2v) is 7.15. The van der Waals surface area contributed by atoms with Gasteiger partial charge in [-0.05, 0) is 37.1 Å². The van der Waals surface area contributed by atoms with E-state index in [1.165, 1.54) is 0 Å². The summed E-state index contributed by atoms with van der Waals surface area (Å²) in [6, 6.07) is 12.8. The van der Waals surface area contributed by atoms with E-state index >= 15 is 0 Å². The Labute approximate surface area is 209 Å². The molecular formula is C23H29F2IN4O3. The van der Waals surface area contributed by atoms with Crippen molar-refractivity contribution < 1.29 is 23.0 Å². The Morgan fingerprint density at radius 1 is 1.15 bits per heavy atom. The van der Waals surface area contributed by atoms with Gasteiger partial charge in [0.2, 0.25) is 5.91 Å². The molecule has 7 nitrogen and oxygen atoms in total. The zero-order valence-electron chi connectivity index (χ0n) is 18.6. The van der Waals surface area contributed by atoms with Gasteiger partial charge in [0, 0.05) is 44.4 Å². The van der Waals surface area contributed by atoms with Crippen molar-refractivity contribution >= 4 is 41.5 Å². The van der Waals surface area contributed by atoms with Crippen LogP contribution in [0.3, 0.4) is 0 Å². The van der Waals surface area contributed by atoms with E-state index in [1.54, 1.807) is 37.1 Å². The summed E-state index contributed by atoms with van der Waals surface area (Å²) in [6.45, 7) is 0.648. The summed E-state index contributed by atoms with van der Waals surface area (Å²) in [5.41, 5.74) is 2.45. The molecule has 1 aliphatic rings. The number of carbonyl (C=O) groups is 1. The summed E-state index contributed by atoms with van der Waals surface area (Å²) in [5.74, 6) is 0.948. The quantitative estimate of drug-likeness (QED) is 0.266. The molecule has 2 N–H and O–H groups in total. The first-order chi connectivity index (χ1) is 15.5. The highest BCUT2D eigenvalue weighted by atomic mass is 127. The molecule has 33 heavy (non-hydrogen) atoms. The first kappa shape index (κ1) is 26.6. The fourth-order valence-corrected chi connectivity index (χ4v) is 3.49. The van der Waals surface area contributed by atoms with E-state index < -0.39 is 6.61 Å². The van der Waals surface area contributed by atoms with Crippen molar-refractivity contribution in [3.63, 3.8) is 0 Å². The Balaban J connectivity index is 0.00000385. The highest BCUT2D eigenvalue weighted by Gasteiger charge is 2.21. The zero-order valence-corrected chi connectivity index (χ0v) is 21.0. The Morgan fingerprint density at radius 2 is 1.88 bits per heavy atom. The lowest BCUT2D eigenvalue weighted by atomic mass is 10.2. The summed E-state index contributed by atoms with van der Waals surface area (Å²) in [7, 11) is 1.63. The first-order valence-corrected chi connectivity index (χ1v) is 10.5. The van der Waals surface area contributed by atoms with Crippen LogP contribution in [-0.2, 0) is 17.9 Å². The number of anilines is 1. The molecule has 10 heteroatoms. The van der Waals surface area contributed by atoms with Crippen LogP contribution in [0.4, 0.5) is 14.5 Å². The van der Waals surface area contributed by atoms with E-state index in [4.69, 9.17) is 9.47 Å². The van der Waals surface area contributed by atoms with Crippen LogP contribution in [0, 0.1) is 0 Å². The Morgan fingerprint density at radius 3 is 2.48 bits per heavy atom. The fourth-order valence-electron chi connectivity index (χ4n) is 3.49. The normalized spacial score (nSPS) is 13.7. The maximum absolute atomic E-state index is 12.9. The molecule has 0 spiro atoms. The van der Waals surface area contributed by atoms with Crippen molar-refractivity contribution in [2.45, 2.75) is 39.5 Å². The van der Waals surface area contributed by atoms with Gasteiger partial charge in [-0.15, -0.1) is 24.0 Å². The maximum atomic E-state index is 12.9. The number of benzene rings is 2. The van der Waals surface area contributed by atoms with E-state index in [0.717, 1.165) is 24.2 Å². The third-order valence-corrected chi connectivity index (χ3v) is 5.02. The Hall–Kier alpha value is -2.63. The number of nitrogens with one attached hydrogen (secondary N) is 2. The average molecular weight is 574 g/mol. The molecule has 2 aromatic carbocycles. The second kappa shape index (κ2) is 13.2. The van der Waals surface area contributed by atoms with E-state index in [1.807, 2.05) is 24.3 Å². The predicted molar refractivity (Wildman–Crippen MR) is 135 cm³/mol. The number of nitrogens with zero attached hydrogens (tertiary/aromatic N) is 2.